The van der Waals surface area contributed by atoms with E-state index in [0.29, 0.717) is 16.7 Å². The zero-order valence-electron chi connectivity index (χ0n) is 14.2. The predicted molar refractivity (Wildman–Crippen MR) is 97.0 cm³/mol. The maximum Gasteiger partial charge on any atom is 0.338 e. The lowest BCUT2D eigenvalue weighted by Crippen LogP contribution is -2.24. The third kappa shape index (κ3) is 3.24. The fourth-order valence-electron chi connectivity index (χ4n) is 3.11. The van der Waals surface area contributed by atoms with Crippen LogP contribution in [0, 0.1) is 6.92 Å². The molecular weight excluding hydrogens is 314 g/mol. The van der Waals surface area contributed by atoms with Crippen molar-refractivity contribution in [3.63, 3.8) is 0 Å². The first kappa shape index (κ1) is 16.7. The highest BCUT2D eigenvalue weighted by Gasteiger charge is 2.27. The van der Waals surface area contributed by atoms with E-state index in [2.05, 4.69) is 4.98 Å². The van der Waals surface area contributed by atoms with Crippen LogP contribution in [0.15, 0.2) is 71.7 Å². The summed E-state index contributed by atoms with van der Waals surface area (Å²) in [5.41, 5.74) is 3.00. The molecule has 0 saturated heterocycles. The Hall–Kier alpha value is -3.14. The molecular formula is C21H19NO3. The molecule has 0 atom stereocenters. The molecule has 1 N–H and O–H groups in total. The van der Waals surface area contributed by atoms with Crippen LogP contribution in [0.1, 0.15) is 38.5 Å². The molecule has 0 fully saturated rings. The van der Waals surface area contributed by atoms with Gasteiger partial charge in [0.2, 0.25) is 0 Å². The lowest BCUT2D eigenvalue weighted by molar-refractivity contribution is 0.0598. The van der Waals surface area contributed by atoms with E-state index in [1.807, 2.05) is 60.7 Å². The van der Waals surface area contributed by atoms with Gasteiger partial charge < -0.3 is 9.72 Å². The van der Waals surface area contributed by atoms with Gasteiger partial charge in [0.15, 0.2) is 0 Å². The second-order valence-electron chi connectivity index (χ2n) is 5.84. The monoisotopic (exact) mass is 333 g/mol. The summed E-state index contributed by atoms with van der Waals surface area (Å²) in [6, 6.07) is 19.4. The fraction of sp³-hybridized carbons (Fsp3) is 0.143. The van der Waals surface area contributed by atoms with Crippen LogP contribution in [-0.2, 0) is 4.74 Å². The first-order valence-electron chi connectivity index (χ1n) is 8.04. The van der Waals surface area contributed by atoms with Crippen LogP contribution >= 0.6 is 0 Å². The van der Waals surface area contributed by atoms with Gasteiger partial charge in [-0.1, -0.05) is 60.7 Å². The number of hydrogen-bond acceptors (Lipinski definition) is 3. The highest BCUT2D eigenvalue weighted by molar-refractivity contribution is 5.93. The number of methoxy groups -OCH3 is 1. The third-order valence-electron chi connectivity index (χ3n) is 4.27. The van der Waals surface area contributed by atoms with Crippen LogP contribution in [0.4, 0.5) is 0 Å². The van der Waals surface area contributed by atoms with Gasteiger partial charge in [-0.05, 0) is 23.6 Å². The molecule has 1 heterocycles. The van der Waals surface area contributed by atoms with Crippen molar-refractivity contribution in [2.24, 2.45) is 0 Å². The molecule has 2 aromatic carbocycles. The number of aryl methyl sites for hydroxylation is 1. The lowest BCUT2D eigenvalue weighted by atomic mass is 9.82. The molecule has 4 heteroatoms. The van der Waals surface area contributed by atoms with Gasteiger partial charge in [0.05, 0.1) is 12.7 Å². The summed E-state index contributed by atoms with van der Waals surface area (Å²) < 4.78 is 4.94. The summed E-state index contributed by atoms with van der Waals surface area (Å²) in [7, 11) is 1.33. The van der Waals surface area contributed by atoms with Crippen molar-refractivity contribution >= 4 is 5.97 Å². The summed E-state index contributed by atoms with van der Waals surface area (Å²) in [4.78, 5) is 27.9. The molecule has 25 heavy (non-hydrogen) atoms. The number of H-pyrrole nitrogens is 1. The summed E-state index contributed by atoms with van der Waals surface area (Å²) in [5, 5.41) is 0. The second-order valence-corrected chi connectivity index (χ2v) is 5.84. The van der Waals surface area contributed by atoms with Gasteiger partial charge in [-0.15, -0.1) is 0 Å². The van der Waals surface area contributed by atoms with Crippen LogP contribution in [0.25, 0.3) is 0 Å². The van der Waals surface area contributed by atoms with Crippen LogP contribution in [0.5, 0.6) is 0 Å². The first-order chi connectivity index (χ1) is 12.1. The van der Waals surface area contributed by atoms with Gasteiger partial charge in [-0.3, -0.25) is 4.79 Å². The zero-order chi connectivity index (χ0) is 17.8. The molecule has 0 unspecified atom stereocenters. The topological polar surface area (TPSA) is 59.2 Å². The van der Waals surface area contributed by atoms with Gasteiger partial charge in [0.25, 0.3) is 5.56 Å². The lowest BCUT2D eigenvalue weighted by Gasteiger charge is -2.21. The normalized spacial score (nSPS) is 10.7. The molecule has 3 aromatic rings. The van der Waals surface area contributed by atoms with Crippen molar-refractivity contribution in [2.75, 3.05) is 7.11 Å². The number of ether oxygens (including phenoxy) is 1. The van der Waals surface area contributed by atoms with E-state index in [1.165, 1.54) is 7.11 Å². The van der Waals surface area contributed by atoms with E-state index >= 15 is 0 Å². The van der Waals surface area contributed by atoms with Crippen molar-refractivity contribution in [1.82, 2.24) is 4.98 Å². The van der Waals surface area contributed by atoms with Crippen molar-refractivity contribution in [3.05, 3.63) is 105 Å². The Morgan fingerprint density at radius 1 is 0.960 bits per heavy atom. The molecule has 4 nitrogen and oxygen atoms in total. The predicted octanol–water partition coefficient (Wildman–Crippen LogP) is 3.65. The Kier molecular flexibility index (Phi) is 4.80. The van der Waals surface area contributed by atoms with Crippen LogP contribution < -0.4 is 5.56 Å². The molecule has 1 aromatic heterocycles. The molecule has 0 saturated carbocycles. The van der Waals surface area contributed by atoms with Crippen molar-refractivity contribution in [1.29, 1.82) is 0 Å². The highest BCUT2D eigenvalue weighted by Crippen LogP contribution is 2.32. The Labute approximate surface area is 146 Å². The van der Waals surface area contributed by atoms with E-state index in [0.717, 1.165) is 11.1 Å². The van der Waals surface area contributed by atoms with Crippen LogP contribution in [-0.4, -0.2) is 18.1 Å². The number of rotatable bonds is 4. The Morgan fingerprint density at radius 2 is 1.48 bits per heavy atom. The molecule has 0 spiro atoms. The van der Waals surface area contributed by atoms with E-state index in [4.69, 9.17) is 4.74 Å². The van der Waals surface area contributed by atoms with Gasteiger partial charge in [-0.25, -0.2) is 4.79 Å². The summed E-state index contributed by atoms with van der Waals surface area (Å²) in [5.74, 6) is -0.865. The van der Waals surface area contributed by atoms with Crippen molar-refractivity contribution in [3.8, 4) is 0 Å². The number of benzene rings is 2. The molecule has 0 bridgehead atoms. The Bertz CT molecular complexity index is 891. The Balaban J connectivity index is 2.34. The number of esters is 1. The minimum Gasteiger partial charge on any atom is -0.465 e. The molecule has 126 valence electrons. The Morgan fingerprint density at radius 3 is 1.96 bits per heavy atom. The maximum atomic E-state index is 12.7. The van der Waals surface area contributed by atoms with E-state index in [-0.39, 0.29) is 11.5 Å². The summed E-state index contributed by atoms with van der Waals surface area (Å²) in [6.45, 7) is 1.79. The number of nitrogens with one attached hydrogen (secondary N) is 1. The largest absolute Gasteiger partial charge is 0.465 e. The SMILES string of the molecule is COC(=O)c1c(C)c[nH]c(=O)c1C(c1ccccc1)c1ccccc1. The number of aromatic nitrogens is 1. The average molecular weight is 333 g/mol. The fourth-order valence-corrected chi connectivity index (χ4v) is 3.11. The first-order valence-corrected chi connectivity index (χ1v) is 8.04. The van der Waals surface area contributed by atoms with Gasteiger partial charge >= 0.3 is 5.97 Å². The third-order valence-corrected chi connectivity index (χ3v) is 4.27. The molecule has 0 radical (unpaired) electrons. The number of pyridine rings is 1. The molecule has 3 rings (SSSR count). The molecule has 0 aliphatic rings. The number of aromatic amines is 1. The number of hydrogen-bond donors (Lipinski definition) is 1. The molecule has 0 aliphatic carbocycles. The number of carbonyl (C=O) groups excluding carboxylic acids is 1. The quantitative estimate of drug-likeness (QED) is 0.742. The number of carbonyl (C=O) groups is 1. The van der Waals surface area contributed by atoms with E-state index in [1.54, 1.807) is 13.1 Å². The van der Waals surface area contributed by atoms with E-state index < -0.39 is 5.97 Å². The van der Waals surface area contributed by atoms with Gasteiger partial charge in [0, 0.05) is 17.7 Å². The minimum absolute atomic E-state index is 0.288. The molecule has 0 amide bonds. The average Bonchev–Trinajstić information content (AvgIpc) is 2.66. The highest BCUT2D eigenvalue weighted by atomic mass is 16.5. The van der Waals surface area contributed by atoms with Crippen molar-refractivity contribution < 1.29 is 9.53 Å². The van der Waals surface area contributed by atoms with Crippen LogP contribution in [0.2, 0.25) is 0 Å². The maximum absolute atomic E-state index is 12.7. The summed E-state index contributed by atoms with van der Waals surface area (Å²) in [6.07, 6.45) is 1.55. The van der Waals surface area contributed by atoms with Gasteiger partial charge in [-0.2, -0.15) is 0 Å². The second kappa shape index (κ2) is 7.18. The van der Waals surface area contributed by atoms with E-state index in [9.17, 15) is 9.59 Å². The van der Waals surface area contributed by atoms with Crippen LogP contribution in [0.3, 0.4) is 0 Å². The minimum atomic E-state index is -0.504. The standard InChI is InChI=1S/C21H19NO3/c1-14-13-22-20(23)19(17(14)21(24)25-2)18(15-9-5-3-6-10-15)16-11-7-4-8-12-16/h3-13,18H,1-2H3,(H,22,23). The smallest absolute Gasteiger partial charge is 0.338 e. The van der Waals surface area contributed by atoms with Gasteiger partial charge in [0.1, 0.15) is 0 Å². The summed E-state index contributed by atoms with van der Waals surface area (Å²) >= 11 is 0. The molecule has 0 aliphatic heterocycles. The zero-order valence-corrected chi connectivity index (χ0v) is 14.2. The van der Waals surface area contributed by atoms with Crippen molar-refractivity contribution in [2.45, 2.75) is 12.8 Å².